The van der Waals surface area contributed by atoms with E-state index in [1.165, 1.54) is 39.0 Å². The van der Waals surface area contributed by atoms with Crippen molar-refractivity contribution >= 4 is 11.1 Å². The molecular formula is C20H22. The Morgan fingerprint density at radius 1 is 1.00 bits per heavy atom. The van der Waals surface area contributed by atoms with Gasteiger partial charge in [-0.05, 0) is 54.4 Å². The van der Waals surface area contributed by atoms with Gasteiger partial charge < -0.3 is 0 Å². The number of fused-ring (bicyclic) bond motifs is 1. The summed E-state index contributed by atoms with van der Waals surface area (Å²) in [7, 11) is 0. The Labute approximate surface area is 122 Å². The molecule has 1 saturated carbocycles. The first-order valence-corrected chi connectivity index (χ1v) is 7.32. The smallest absolute Gasteiger partial charge is 0.0155 e. The molecule has 2 atom stereocenters. The first-order chi connectivity index (χ1) is 9.49. The van der Waals surface area contributed by atoms with E-state index in [0.717, 1.165) is 19.3 Å². The highest BCUT2D eigenvalue weighted by atomic mass is 14.4. The van der Waals surface area contributed by atoms with Gasteiger partial charge in [0.25, 0.3) is 0 Å². The van der Waals surface area contributed by atoms with Gasteiger partial charge in [0.2, 0.25) is 0 Å². The fourth-order valence-corrected chi connectivity index (χ4v) is 3.74. The molecule has 0 amide bonds. The first-order valence-electron chi connectivity index (χ1n) is 7.32. The summed E-state index contributed by atoms with van der Waals surface area (Å²) in [4.78, 5) is 0. The van der Waals surface area contributed by atoms with Gasteiger partial charge in [0, 0.05) is 5.92 Å². The van der Waals surface area contributed by atoms with Crippen molar-refractivity contribution in [1.29, 1.82) is 0 Å². The predicted molar refractivity (Wildman–Crippen MR) is 88.4 cm³/mol. The second kappa shape index (κ2) is 4.63. The van der Waals surface area contributed by atoms with Gasteiger partial charge >= 0.3 is 0 Å². The Hall–Kier alpha value is -1.82. The van der Waals surface area contributed by atoms with Crippen LogP contribution in [0.3, 0.4) is 0 Å². The summed E-state index contributed by atoms with van der Waals surface area (Å²) in [5.74, 6) is 0.820. The standard InChI is InChI=1S/C20H22/c1-12-6-8-17(14(3)10-12)20-15(4)18-9-7-13(2)11-19(18)16(20)5/h7,9,11,17,20H,1,3-6,8,10H2,2H3. The SMILES string of the molecule is C=C1CCC(C2C(=C)c3ccc(C)cc3C2=C)C(=C)C1. The van der Waals surface area contributed by atoms with E-state index in [0.29, 0.717) is 11.8 Å². The van der Waals surface area contributed by atoms with E-state index in [1.807, 2.05) is 0 Å². The van der Waals surface area contributed by atoms with Crippen LogP contribution in [0.25, 0.3) is 11.1 Å². The number of aryl methyl sites for hydroxylation is 1. The average Bonchev–Trinajstić information content (AvgIpc) is 2.63. The largest absolute Gasteiger partial charge is 0.0995 e. The fourth-order valence-electron chi connectivity index (χ4n) is 3.74. The van der Waals surface area contributed by atoms with Crippen LogP contribution in [0.2, 0.25) is 0 Å². The quantitative estimate of drug-likeness (QED) is 0.581. The van der Waals surface area contributed by atoms with Crippen LogP contribution in [0, 0.1) is 18.8 Å². The summed E-state index contributed by atoms with van der Waals surface area (Å²) in [6.45, 7) is 19.3. The average molecular weight is 262 g/mol. The lowest BCUT2D eigenvalue weighted by atomic mass is 9.72. The number of benzene rings is 1. The monoisotopic (exact) mass is 262 g/mol. The molecule has 20 heavy (non-hydrogen) atoms. The minimum Gasteiger partial charge on any atom is -0.0995 e. The molecule has 3 rings (SSSR count). The Kier molecular flexibility index (Phi) is 3.05. The third-order valence-electron chi connectivity index (χ3n) is 4.83. The van der Waals surface area contributed by atoms with Crippen LogP contribution in [0.1, 0.15) is 36.0 Å². The topological polar surface area (TPSA) is 0 Å². The van der Waals surface area contributed by atoms with Gasteiger partial charge in [0.05, 0.1) is 0 Å². The Morgan fingerprint density at radius 2 is 1.70 bits per heavy atom. The van der Waals surface area contributed by atoms with Gasteiger partial charge in [-0.1, -0.05) is 61.2 Å². The molecule has 0 aliphatic heterocycles. The molecule has 0 heterocycles. The lowest BCUT2D eigenvalue weighted by molar-refractivity contribution is 0.471. The van der Waals surface area contributed by atoms with Crippen molar-refractivity contribution in [3.8, 4) is 0 Å². The number of hydrogen-bond acceptors (Lipinski definition) is 0. The molecule has 0 bridgehead atoms. The number of allylic oxidation sites excluding steroid dienone is 4. The summed E-state index contributed by atoms with van der Waals surface area (Å²) in [5, 5.41) is 0. The van der Waals surface area contributed by atoms with Gasteiger partial charge in [-0.2, -0.15) is 0 Å². The minimum absolute atomic E-state index is 0.340. The third kappa shape index (κ3) is 1.91. The van der Waals surface area contributed by atoms with E-state index in [-0.39, 0.29) is 0 Å². The molecule has 1 fully saturated rings. The summed E-state index contributed by atoms with van der Waals surface area (Å²) in [5.41, 5.74) is 8.93. The number of hydrogen-bond donors (Lipinski definition) is 0. The predicted octanol–water partition coefficient (Wildman–Crippen LogP) is 5.56. The van der Waals surface area contributed by atoms with E-state index in [4.69, 9.17) is 0 Å². The molecule has 1 aromatic carbocycles. The van der Waals surface area contributed by atoms with E-state index >= 15 is 0 Å². The van der Waals surface area contributed by atoms with Crippen molar-refractivity contribution in [2.75, 3.05) is 0 Å². The van der Waals surface area contributed by atoms with Gasteiger partial charge in [0.15, 0.2) is 0 Å². The highest BCUT2D eigenvalue weighted by molar-refractivity contribution is 5.94. The second-order valence-corrected chi connectivity index (χ2v) is 6.31. The molecule has 0 nitrogen and oxygen atoms in total. The normalized spacial score (nSPS) is 26.1. The van der Waals surface area contributed by atoms with Crippen LogP contribution in [0.4, 0.5) is 0 Å². The van der Waals surface area contributed by atoms with Gasteiger partial charge in [-0.15, -0.1) is 0 Å². The van der Waals surface area contributed by atoms with Crippen molar-refractivity contribution in [2.24, 2.45) is 11.8 Å². The van der Waals surface area contributed by atoms with Crippen LogP contribution in [-0.2, 0) is 0 Å². The summed E-state index contributed by atoms with van der Waals surface area (Å²) in [6.07, 6.45) is 3.21. The van der Waals surface area contributed by atoms with E-state index in [9.17, 15) is 0 Å². The van der Waals surface area contributed by atoms with E-state index < -0.39 is 0 Å². The molecule has 0 radical (unpaired) electrons. The maximum absolute atomic E-state index is 4.37. The Bertz CT molecular complexity index is 642. The molecule has 2 aliphatic rings. The number of rotatable bonds is 1. The van der Waals surface area contributed by atoms with Gasteiger partial charge in [-0.3, -0.25) is 0 Å². The van der Waals surface area contributed by atoms with E-state index in [1.54, 1.807) is 0 Å². The molecule has 0 aromatic heterocycles. The molecule has 0 spiro atoms. The first kappa shape index (κ1) is 13.2. The van der Waals surface area contributed by atoms with Crippen LogP contribution < -0.4 is 0 Å². The highest BCUT2D eigenvalue weighted by Crippen LogP contribution is 2.52. The zero-order valence-corrected chi connectivity index (χ0v) is 12.3. The van der Waals surface area contributed by atoms with Crippen molar-refractivity contribution in [2.45, 2.75) is 26.2 Å². The Balaban J connectivity index is 1.97. The molecule has 102 valence electrons. The highest BCUT2D eigenvalue weighted by Gasteiger charge is 2.37. The van der Waals surface area contributed by atoms with Crippen LogP contribution in [0.15, 0.2) is 55.7 Å². The summed E-state index contributed by atoms with van der Waals surface area (Å²) >= 11 is 0. The maximum Gasteiger partial charge on any atom is 0.0155 e. The molecular weight excluding hydrogens is 240 g/mol. The van der Waals surface area contributed by atoms with Crippen LogP contribution >= 0.6 is 0 Å². The third-order valence-corrected chi connectivity index (χ3v) is 4.83. The Morgan fingerprint density at radius 3 is 2.40 bits per heavy atom. The van der Waals surface area contributed by atoms with Crippen molar-refractivity contribution in [3.05, 3.63) is 72.4 Å². The summed E-state index contributed by atoms with van der Waals surface area (Å²) < 4.78 is 0. The van der Waals surface area contributed by atoms with Crippen molar-refractivity contribution in [1.82, 2.24) is 0 Å². The summed E-state index contributed by atoms with van der Waals surface area (Å²) in [6, 6.07) is 6.60. The molecule has 0 N–H and O–H groups in total. The molecule has 0 saturated heterocycles. The zero-order valence-electron chi connectivity index (χ0n) is 12.3. The van der Waals surface area contributed by atoms with E-state index in [2.05, 4.69) is 51.4 Å². The molecule has 0 heteroatoms. The fraction of sp³-hybridized carbons (Fsp3) is 0.300. The lowest BCUT2D eigenvalue weighted by Crippen LogP contribution is -2.19. The molecule has 1 aromatic rings. The van der Waals surface area contributed by atoms with Crippen molar-refractivity contribution < 1.29 is 0 Å². The maximum atomic E-state index is 4.37. The van der Waals surface area contributed by atoms with Crippen molar-refractivity contribution in [3.63, 3.8) is 0 Å². The zero-order chi connectivity index (χ0) is 14.4. The lowest BCUT2D eigenvalue weighted by Gasteiger charge is -2.32. The van der Waals surface area contributed by atoms with Crippen LogP contribution in [0.5, 0.6) is 0 Å². The second-order valence-electron chi connectivity index (χ2n) is 6.31. The minimum atomic E-state index is 0.340. The molecule has 2 aliphatic carbocycles. The molecule has 2 unspecified atom stereocenters. The van der Waals surface area contributed by atoms with Gasteiger partial charge in [0.1, 0.15) is 0 Å². The van der Waals surface area contributed by atoms with Crippen LogP contribution in [-0.4, -0.2) is 0 Å². The van der Waals surface area contributed by atoms with Gasteiger partial charge in [-0.25, -0.2) is 0 Å².